The lowest BCUT2D eigenvalue weighted by atomic mass is 10.1. The minimum Gasteiger partial charge on any atom is -0.479 e. The molecule has 0 aliphatic rings. The molecule has 0 aromatic carbocycles. The Balaban J connectivity index is 2.46. The average Bonchev–Trinajstić information content (AvgIpc) is 2.73. The predicted octanol–water partition coefficient (Wildman–Crippen LogP) is 0.179. The van der Waals surface area contributed by atoms with Gasteiger partial charge in [-0.15, -0.1) is 0 Å². The lowest BCUT2D eigenvalue weighted by Gasteiger charge is -2.19. The van der Waals surface area contributed by atoms with E-state index in [1.807, 2.05) is 0 Å². The molecule has 1 aromatic rings. The second-order valence-electron chi connectivity index (χ2n) is 4.44. The fourth-order valence-corrected chi connectivity index (χ4v) is 1.21. The molecule has 19 heavy (non-hydrogen) atoms. The van der Waals surface area contributed by atoms with Crippen LogP contribution in [0.25, 0.3) is 0 Å². The van der Waals surface area contributed by atoms with E-state index in [1.54, 1.807) is 13.8 Å². The van der Waals surface area contributed by atoms with Crippen molar-refractivity contribution < 1.29 is 24.2 Å². The number of carboxylic acids is 1. The van der Waals surface area contributed by atoms with Crippen molar-refractivity contribution in [1.82, 2.24) is 15.6 Å². The van der Waals surface area contributed by atoms with Crippen LogP contribution in [0.4, 0.5) is 4.79 Å². The van der Waals surface area contributed by atoms with E-state index in [-0.39, 0.29) is 0 Å². The molecule has 2 amide bonds. The lowest BCUT2D eigenvalue weighted by Crippen LogP contribution is -2.49. The van der Waals surface area contributed by atoms with Gasteiger partial charge in [-0.05, 0) is 20.8 Å². The molecule has 1 heterocycles. The van der Waals surface area contributed by atoms with E-state index < -0.39 is 30.2 Å². The second kappa shape index (κ2) is 5.70. The van der Waals surface area contributed by atoms with Crippen LogP contribution in [0, 0.1) is 6.92 Å². The van der Waals surface area contributed by atoms with E-state index in [1.165, 1.54) is 6.20 Å². The number of carbonyl (C=O) groups is 2. The Labute approximate surface area is 109 Å². The zero-order valence-corrected chi connectivity index (χ0v) is 10.9. The highest BCUT2D eigenvalue weighted by atomic mass is 16.4. The largest absolute Gasteiger partial charge is 0.479 e. The maximum Gasteiger partial charge on any atom is 0.337 e. The summed E-state index contributed by atoms with van der Waals surface area (Å²) in [7, 11) is 0. The molecule has 0 radical (unpaired) electrons. The van der Waals surface area contributed by atoms with Crippen molar-refractivity contribution in [1.29, 1.82) is 0 Å². The number of oxazole rings is 1. The number of nitrogens with one attached hydrogen (secondary N) is 2. The van der Waals surface area contributed by atoms with Crippen LogP contribution in [0.3, 0.4) is 0 Å². The quantitative estimate of drug-likeness (QED) is 0.605. The number of hydrogen-bond acceptors (Lipinski definition) is 5. The molecule has 0 spiro atoms. The van der Waals surface area contributed by atoms with Crippen LogP contribution >= 0.6 is 0 Å². The van der Waals surface area contributed by atoms with E-state index in [0.717, 1.165) is 6.92 Å². The number of aliphatic carboxylic acids is 1. The molecular formula is C11H17N3O5. The number of aromatic nitrogens is 1. The van der Waals surface area contributed by atoms with Gasteiger partial charge in [0, 0.05) is 0 Å². The fraction of sp³-hybridized carbons (Fsp3) is 0.545. The molecule has 106 valence electrons. The minimum absolute atomic E-state index is 0.345. The number of urea groups is 1. The van der Waals surface area contributed by atoms with Crippen LogP contribution in [0.15, 0.2) is 10.6 Å². The van der Waals surface area contributed by atoms with Crippen LogP contribution in [-0.4, -0.2) is 39.3 Å². The summed E-state index contributed by atoms with van der Waals surface area (Å²) in [4.78, 5) is 26.1. The molecule has 4 N–H and O–H groups in total. The second-order valence-corrected chi connectivity index (χ2v) is 4.44. The Morgan fingerprint density at radius 2 is 2.21 bits per heavy atom. The molecule has 2 unspecified atom stereocenters. The number of amides is 2. The fourth-order valence-electron chi connectivity index (χ4n) is 1.21. The highest BCUT2D eigenvalue weighted by molar-refractivity contribution is 5.79. The van der Waals surface area contributed by atoms with Gasteiger partial charge in [0.1, 0.15) is 11.8 Å². The third kappa shape index (κ3) is 4.25. The van der Waals surface area contributed by atoms with Crippen molar-refractivity contribution in [3.8, 4) is 0 Å². The van der Waals surface area contributed by atoms with Crippen molar-refractivity contribution >= 4 is 12.0 Å². The number of rotatable bonds is 5. The van der Waals surface area contributed by atoms with Crippen LogP contribution in [0.5, 0.6) is 0 Å². The summed E-state index contributed by atoms with van der Waals surface area (Å²) in [6, 6.07) is -1.09. The Morgan fingerprint density at radius 1 is 1.58 bits per heavy atom. The maximum atomic E-state index is 11.5. The Hall–Kier alpha value is -2.09. The maximum absolute atomic E-state index is 11.5. The monoisotopic (exact) mass is 271 g/mol. The van der Waals surface area contributed by atoms with Crippen molar-refractivity contribution in [3.05, 3.63) is 17.8 Å². The lowest BCUT2D eigenvalue weighted by molar-refractivity contribution is -0.155. The molecule has 8 heteroatoms. The smallest absolute Gasteiger partial charge is 0.337 e. The van der Waals surface area contributed by atoms with Crippen molar-refractivity contribution in [2.75, 3.05) is 6.54 Å². The van der Waals surface area contributed by atoms with Gasteiger partial charge in [-0.2, -0.15) is 0 Å². The first-order valence-electron chi connectivity index (χ1n) is 5.65. The van der Waals surface area contributed by atoms with Crippen LogP contribution < -0.4 is 10.6 Å². The van der Waals surface area contributed by atoms with Crippen molar-refractivity contribution in [2.45, 2.75) is 32.4 Å². The summed E-state index contributed by atoms with van der Waals surface area (Å²) in [6.07, 6.45) is 1.53. The summed E-state index contributed by atoms with van der Waals surface area (Å²) in [5.41, 5.74) is -2.01. The van der Waals surface area contributed by atoms with Gasteiger partial charge in [-0.3, -0.25) is 0 Å². The molecule has 0 bridgehead atoms. The predicted molar refractivity (Wildman–Crippen MR) is 64.4 cm³/mol. The number of aliphatic hydroxyl groups is 1. The van der Waals surface area contributed by atoms with E-state index >= 15 is 0 Å². The molecule has 0 aliphatic heterocycles. The summed E-state index contributed by atoms with van der Waals surface area (Å²) >= 11 is 0. The molecule has 0 aliphatic carbocycles. The normalized spacial score (nSPS) is 15.4. The summed E-state index contributed by atoms with van der Waals surface area (Å²) in [5, 5.41) is 22.9. The van der Waals surface area contributed by atoms with Gasteiger partial charge in [0.2, 0.25) is 5.89 Å². The van der Waals surface area contributed by atoms with E-state index in [0.29, 0.717) is 11.7 Å². The van der Waals surface area contributed by atoms with Crippen molar-refractivity contribution in [2.24, 2.45) is 0 Å². The van der Waals surface area contributed by atoms with E-state index in [9.17, 15) is 14.7 Å². The summed E-state index contributed by atoms with van der Waals surface area (Å²) in [6.45, 7) is 4.08. The van der Waals surface area contributed by atoms with Crippen molar-refractivity contribution in [3.63, 3.8) is 0 Å². The third-order valence-electron chi connectivity index (χ3n) is 2.41. The first kappa shape index (κ1) is 15.0. The van der Waals surface area contributed by atoms with Crippen LogP contribution in [-0.2, 0) is 4.79 Å². The van der Waals surface area contributed by atoms with Gasteiger partial charge in [0.15, 0.2) is 5.60 Å². The molecule has 1 rings (SSSR count). The molecule has 2 atom stereocenters. The summed E-state index contributed by atoms with van der Waals surface area (Å²) < 4.78 is 5.23. The molecule has 0 saturated heterocycles. The van der Waals surface area contributed by atoms with Crippen LogP contribution in [0.2, 0.25) is 0 Å². The highest BCUT2D eigenvalue weighted by Gasteiger charge is 2.30. The number of nitrogens with zero attached hydrogens (tertiary/aromatic N) is 1. The standard InChI is InChI=1S/C11H17N3O5/c1-6-4-12-8(19-6)7(2)14-10(17)13-5-11(3,18)9(15)16/h4,7,18H,5H2,1-3H3,(H,15,16)(H2,13,14,17). The number of carboxylic acid groups (broad SMARTS) is 1. The number of hydrogen-bond donors (Lipinski definition) is 4. The number of carbonyl (C=O) groups excluding carboxylic acids is 1. The Morgan fingerprint density at radius 3 is 2.68 bits per heavy atom. The Bertz CT molecular complexity index is 469. The zero-order valence-electron chi connectivity index (χ0n) is 10.9. The van der Waals surface area contributed by atoms with E-state index in [2.05, 4.69) is 15.6 Å². The molecule has 8 nitrogen and oxygen atoms in total. The SMILES string of the molecule is Cc1cnc(C(C)NC(=O)NCC(C)(O)C(=O)O)o1. The third-order valence-corrected chi connectivity index (χ3v) is 2.41. The van der Waals surface area contributed by atoms with Gasteiger partial charge in [0.05, 0.1) is 12.7 Å². The number of aryl methyl sites for hydroxylation is 1. The minimum atomic E-state index is -2.01. The van der Waals surface area contributed by atoms with E-state index in [4.69, 9.17) is 9.52 Å². The molecule has 1 aromatic heterocycles. The van der Waals surface area contributed by atoms with Gasteiger partial charge >= 0.3 is 12.0 Å². The average molecular weight is 271 g/mol. The summed E-state index contributed by atoms with van der Waals surface area (Å²) in [5.74, 6) is -0.445. The zero-order chi connectivity index (χ0) is 14.6. The van der Waals surface area contributed by atoms with Crippen LogP contribution in [0.1, 0.15) is 31.5 Å². The molecule has 0 saturated carbocycles. The topological polar surface area (TPSA) is 125 Å². The van der Waals surface area contributed by atoms with Gasteiger partial charge in [-0.25, -0.2) is 14.6 Å². The first-order valence-corrected chi connectivity index (χ1v) is 5.65. The van der Waals surface area contributed by atoms with Gasteiger partial charge in [-0.1, -0.05) is 0 Å². The highest BCUT2D eigenvalue weighted by Crippen LogP contribution is 2.11. The Kier molecular flexibility index (Phi) is 4.49. The first-order chi connectivity index (χ1) is 8.72. The molecular weight excluding hydrogens is 254 g/mol. The molecule has 0 fully saturated rings. The van der Waals surface area contributed by atoms with Gasteiger partial charge in [0.25, 0.3) is 0 Å². The van der Waals surface area contributed by atoms with Gasteiger partial charge < -0.3 is 25.3 Å².